The van der Waals surface area contributed by atoms with Gasteiger partial charge in [0, 0.05) is 18.1 Å². The van der Waals surface area contributed by atoms with Crippen LogP contribution in [0, 0.1) is 11.8 Å². The molecule has 1 saturated heterocycles. The van der Waals surface area contributed by atoms with E-state index in [0.717, 1.165) is 18.5 Å². The van der Waals surface area contributed by atoms with Gasteiger partial charge in [-0.1, -0.05) is 12.8 Å². The van der Waals surface area contributed by atoms with Crippen molar-refractivity contribution in [2.45, 2.75) is 69.5 Å². The monoisotopic (exact) mass is 252 g/mol. The highest BCUT2D eigenvalue weighted by atomic mass is 16.3. The number of piperidine rings is 1. The predicted molar refractivity (Wildman–Crippen MR) is 73.3 cm³/mol. The standard InChI is InChI=1S/C15H28N2O/c16-15(12-7-8-12)14(10-18)17-9-3-5-11-4-1-2-6-13(11)17/h11-15,18H,1-10,16H2. The summed E-state index contributed by atoms with van der Waals surface area (Å²) in [7, 11) is 0. The molecular weight excluding hydrogens is 224 g/mol. The van der Waals surface area contributed by atoms with E-state index in [4.69, 9.17) is 5.73 Å². The van der Waals surface area contributed by atoms with Gasteiger partial charge in [0.05, 0.1) is 6.61 Å². The van der Waals surface area contributed by atoms with Gasteiger partial charge in [-0.25, -0.2) is 0 Å². The third-order valence-electron chi connectivity index (χ3n) is 5.51. The average molecular weight is 252 g/mol. The van der Waals surface area contributed by atoms with Gasteiger partial charge in [-0.15, -0.1) is 0 Å². The molecule has 0 aromatic carbocycles. The van der Waals surface area contributed by atoms with Crippen LogP contribution in [0.2, 0.25) is 0 Å². The SMILES string of the molecule is NC(C1CC1)C(CO)N1CCCC2CCCCC21. The van der Waals surface area contributed by atoms with E-state index in [9.17, 15) is 5.11 Å². The van der Waals surface area contributed by atoms with E-state index in [1.165, 1.54) is 51.4 Å². The summed E-state index contributed by atoms with van der Waals surface area (Å²) >= 11 is 0. The summed E-state index contributed by atoms with van der Waals surface area (Å²) < 4.78 is 0. The smallest absolute Gasteiger partial charge is 0.0602 e. The van der Waals surface area contributed by atoms with Gasteiger partial charge in [-0.05, 0) is 56.9 Å². The molecule has 0 amide bonds. The number of fused-ring (bicyclic) bond motifs is 1. The molecular formula is C15H28N2O. The molecule has 2 saturated carbocycles. The second kappa shape index (κ2) is 5.48. The van der Waals surface area contributed by atoms with Gasteiger partial charge in [0.1, 0.15) is 0 Å². The Bertz CT molecular complexity index is 278. The summed E-state index contributed by atoms with van der Waals surface area (Å²) in [6.45, 7) is 1.41. The Morgan fingerprint density at radius 1 is 1.06 bits per heavy atom. The molecule has 0 spiro atoms. The number of nitrogens with two attached hydrogens (primary N) is 1. The van der Waals surface area contributed by atoms with E-state index >= 15 is 0 Å². The Kier molecular flexibility index (Phi) is 3.92. The van der Waals surface area contributed by atoms with Crippen LogP contribution in [-0.2, 0) is 0 Å². The highest BCUT2D eigenvalue weighted by Crippen LogP contribution is 2.39. The first-order valence-corrected chi connectivity index (χ1v) is 7.93. The lowest BCUT2D eigenvalue weighted by Gasteiger charge is -2.48. The first kappa shape index (κ1) is 12.9. The summed E-state index contributed by atoms with van der Waals surface area (Å²) in [5.41, 5.74) is 6.38. The number of rotatable bonds is 4. The van der Waals surface area contributed by atoms with Crippen molar-refractivity contribution in [2.75, 3.05) is 13.2 Å². The van der Waals surface area contributed by atoms with Crippen molar-refractivity contribution in [3.63, 3.8) is 0 Å². The summed E-state index contributed by atoms with van der Waals surface area (Å²) in [6.07, 6.45) is 10.8. The highest BCUT2D eigenvalue weighted by Gasteiger charge is 2.42. The third-order valence-corrected chi connectivity index (χ3v) is 5.51. The Morgan fingerprint density at radius 3 is 2.50 bits per heavy atom. The molecule has 3 heteroatoms. The van der Waals surface area contributed by atoms with E-state index in [0.29, 0.717) is 5.92 Å². The number of hydrogen-bond acceptors (Lipinski definition) is 3. The Morgan fingerprint density at radius 2 is 1.78 bits per heavy atom. The van der Waals surface area contributed by atoms with E-state index in [2.05, 4.69) is 4.90 Å². The van der Waals surface area contributed by atoms with Gasteiger partial charge in [-0.3, -0.25) is 4.90 Å². The molecule has 104 valence electrons. The molecule has 18 heavy (non-hydrogen) atoms. The molecule has 0 bridgehead atoms. The Hall–Kier alpha value is -0.120. The number of aliphatic hydroxyl groups excluding tert-OH is 1. The molecule has 4 unspecified atom stereocenters. The molecule has 0 aromatic rings. The molecule has 2 aliphatic carbocycles. The van der Waals surface area contributed by atoms with Crippen LogP contribution in [0.4, 0.5) is 0 Å². The fourth-order valence-corrected chi connectivity index (χ4v) is 4.32. The quantitative estimate of drug-likeness (QED) is 0.801. The van der Waals surface area contributed by atoms with Crippen molar-refractivity contribution in [1.29, 1.82) is 0 Å². The van der Waals surface area contributed by atoms with Crippen LogP contribution in [0.15, 0.2) is 0 Å². The van der Waals surface area contributed by atoms with Gasteiger partial charge in [0.25, 0.3) is 0 Å². The van der Waals surface area contributed by atoms with Gasteiger partial charge in [0.2, 0.25) is 0 Å². The number of nitrogens with zero attached hydrogens (tertiary/aromatic N) is 1. The van der Waals surface area contributed by atoms with Crippen LogP contribution < -0.4 is 5.73 Å². The van der Waals surface area contributed by atoms with Crippen LogP contribution in [0.25, 0.3) is 0 Å². The van der Waals surface area contributed by atoms with Crippen LogP contribution in [0.1, 0.15) is 51.4 Å². The molecule has 4 atom stereocenters. The molecule has 1 heterocycles. The first-order valence-electron chi connectivity index (χ1n) is 7.93. The van der Waals surface area contributed by atoms with Crippen molar-refractivity contribution < 1.29 is 5.11 Å². The van der Waals surface area contributed by atoms with Crippen LogP contribution >= 0.6 is 0 Å². The molecule has 3 fully saturated rings. The van der Waals surface area contributed by atoms with Gasteiger partial charge >= 0.3 is 0 Å². The first-order chi connectivity index (χ1) is 8.81. The fraction of sp³-hybridized carbons (Fsp3) is 1.00. The fourth-order valence-electron chi connectivity index (χ4n) is 4.32. The van der Waals surface area contributed by atoms with Crippen LogP contribution in [0.5, 0.6) is 0 Å². The summed E-state index contributed by atoms with van der Waals surface area (Å²) in [5.74, 6) is 1.57. The van der Waals surface area contributed by atoms with E-state index in [-0.39, 0.29) is 18.7 Å². The minimum absolute atomic E-state index is 0.204. The molecule has 3 nitrogen and oxygen atoms in total. The van der Waals surface area contributed by atoms with Crippen LogP contribution in [0.3, 0.4) is 0 Å². The van der Waals surface area contributed by atoms with Crippen molar-refractivity contribution >= 4 is 0 Å². The van der Waals surface area contributed by atoms with Gasteiger partial charge < -0.3 is 10.8 Å². The van der Waals surface area contributed by atoms with E-state index < -0.39 is 0 Å². The van der Waals surface area contributed by atoms with Crippen LogP contribution in [-0.4, -0.2) is 41.3 Å². The van der Waals surface area contributed by atoms with Gasteiger partial charge in [-0.2, -0.15) is 0 Å². The largest absolute Gasteiger partial charge is 0.395 e. The normalized spacial score (nSPS) is 37.0. The second-order valence-electron chi connectivity index (χ2n) is 6.66. The second-order valence-corrected chi connectivity index (χ2v) is 6.66. The zero-order chi connectivity index (χ0) is 12.5. The zero-order valence-corrected chi connectivity index (χ0v) is 11.4. The van der Waals surface area contributed by atoms with Crippen molar-refractivity contribution in [3.8, 4) is 0 Å². The lowest BCUT2D eigenvalue weighted by Crippen LogP contribution is -2.59. The summed E-state index contributed by atoms with van der Waals surface area (Å²) in [5, 5.41) is 9.79. The number of aliphatic hydroxyl groups is 1. The Balaban J connectivity index is 1.70. The third kappa shape index (κ3) is 2.45. The van der Waals surface area contributed by atoms with Crippen molar-refractivity contribution in [2.24, 2.45) is 17.6 Å². The summed E-state index contributed by atoms with van der Waals surface area (Å²) in [6, 6.07) is 1.15. The lowest BCUT2D eigenvalue weighted by atomic mass is 9.77. The van der Waals surface area contributed by atoms with Crippen molar-refractivity contribution in [1.82, 2.24) is 4.90 Å². The maximum atomic E-state index is 9.79. The van der Waals surface area contributed by atoms with E-state index in [1.54, 1.807) is 0 Å². The highest BCUT2D eigenvalue weighted by molar-refractivity contribution is 4.98. The molecule has 3 N–H and O–H groups in total. The maximum absolute atomic E-state index is 9.79. The lowest BCUT2D eigenvalue weighted by molar-refractivity contribution is -0.00648. The zero-order valence-electron chi connectivity index (χ0n) is 11.4. The minimum atomic E-state index is 0.204. The van der Waals surface area contributed by atoms with Gasteiger partial charge in [0.15, 0.2) is 0 Å². The maximum Gasteiger partial charge on any atom is 0.0602 e. The molecule has 1 aliphatic heterocycles. The molecule has 0 radical (unpaired) electrons. The minimum Gasteiger partial charge on any atom is -0.395 e. The van der Waals surface area contributed by atoms with Crippen molar-refractivity contribution in [3.05, 3.63) is 0 Å². The predicted octanol–water partition coefficient (Wildman–Crippen LogP) is 1.74. The molecule has 3 rings (SSSR count). The molecule has 3 aliphatic rings. The Labute approximate surface area is 111 Å². The number of likely N-dealkylation sites (tertiary alicyclic amines) is 1. The molecule has 0 aromatic heterocycles. The topological polar surface area (TPSA) is 49.5 Å². The average Bonchev–Trinajstić information content (AvgIpc) is 3.24. The number of hydrogen-bond donors (Lipinski definition) is 2. The van der Waals surface area contributed by atoms with E-state index in [1.807, 2.05) is 0 Å². The summed E-state index contributed by atoms with van der Waals surface area (Å²) in [4.78, 5) is 2.59.